The lowest BCUT2D eigenvalue weighted by Gasteiger charge is -2.28. The number of amides is 1. The number of fused-ring (bicyclic) bond motifs is 3. The Bertz CT molecular complexity index is 1340. The van der Waals surface area contributed by atoms with Crippen LogP contribution in [0, 0.1) is 0 Å². The molecule has 1 aliphatic heterocycles. The van der Waals surface area contributed by atoms with E-state index in [1.165, 1.54) is 17.5 Å². The summed E-state index contributed by atoms with van der Waals surface area (Å²) in [5.74, 6) is -0.931. The van der Waals surface area contributed by atoms with Crippen LogP contribution in [0.15, 0.2) is 64.8 Å². The third-order valence-corrected chi connectivity index (χ3v) is 7.53. The van der Waals surface area contributed by atoms with Crippen LogP contribution in [0.5, 0.6) is 0 Å². The highest BCUT2D eigenvalue weighted by molar-refractivity contribution is 7.99. The van der Waals surface area contributed by atoms with Crippen molar-refractivity contribution in [3.8, 4) is 11.3 Å². The molecular formula is C22H20N4O5S2. The van der Waals surface area contributed by atoms with E-state index >= 15 is 0 Å². The summed E-state index contributed by atoms with van der Waals surface area (Å²) in [7, 11) is -2.28. The van der Waals surface area contributed by atoms with Crippen LogP contribution >= 0.6 is 11.8 Å². The minimum atomic E-state index is -3.76. The number of nitrogens with one attached hydrogen (secondary N) is 1. The highest BCUT2D eigenvalue weighted by Crippen LogP contribution is 2.41. The Labute approximate surface area is 195 Å². The van der Waals surface area contributed by atoms with E-state index in [0.29, 0.717) is 22.6 Å². The molecule has 170 valence electrons. The number of para-hydroxylation sites is 2. The van der Waals surface area contributed by atoms with Gasteiger partial charge < -0.3 is 10.1 Å². The molecule has 0 fully saturated rings. The summed E-state index contributed by atoms with van der Waals surface area (Å²) in [6, 6.07) is 13.6. The van der Waals surface area contributed by atoms with Gasteiger partial charge in [0.2, 0.25) is 5.91 Å². The first-order valence-electron chi connectivity index (χ1n) is 9.97. The zero-order chi connectivity index (χ0) is 23.6. The molecule has 0 saturated carbocycles. The molecule has 9 nitrogen and oxygen atoms in total. The van der Waals surface area contributed by atoms with Gasteiger partial charge in [0.25, 0.3) is 10.0 Å². The average molecular weight is 485 g/mol. The maximum absolute atomic E-state index is 12.8. The lowest BCUT2D eigenvalue weighted by Crippen LogP contribution is -2.31. The maximum Gasteiger partial charge on any atom is 0.340 e. The first kappa shape index (κ1) is 22.7. The molecule has 0 aliphatic carbocycles. The van der Waals surface area contributed by atoms with E-state index in [-0.39, 0.29) is 33.9 Å². The third kappa shape index (κ3) is 4.41. The number of ether oxygens (including phenoxy) is 1. The third-order valence-electron chi connectivity index (χ3n) is 4.90. The van der Waals surface area contributed by atoms with Gasteiger partial charge in [0, 0.05) is 12.6 Å². The number of carbonyl (C=O) groups is 2. The Kier molecular flexibility index (Phi) is 6.34. The van der Waals surface area contributed by atoms with Gasteiger partial charge in [0.15, 0.2) is 5.16 Å². The highest BCUT2D eigenvalue weighted by Gasteiger charge is 2.34. The molecule has 0 atom stereocenters. The van der Waals surface area contributed by atoms with Gasteiger partial charge >= 0.3 is 5.97 Å². The van der Waals surface area contributed by atoms with E-state index in [2.05, 4.69) is 15.3 Å². The zero-order valence-electron chi connectivity index (χ0n) is 17.8. The topological polar surface area (TPSA) is 119 Å². The molecule has 0 saturated heterocycles. The number of sulfonamides is 1. The van der Waals surface area contributed by atoms with Crippen LogP contribution < -0.4 is 9.62 Å². The van der Waals surface area contributed by atoms with Gasteiger partial charge in [-0.3, -0.25) is 9.10 Å². The van der Waals surface area contributed by atoms with Crippen molar-refractivity contribution in [3.63, 3.8) is 0 Å². The van der Waals surface area contributed by atoms with Crippen molar-refractivity contribution in [1.29, 1.82) is 0 Å². The van der Waals surface area contributed by atoms with Gasteiger partial charge in [-0.15, -0.1) is 0 Å². The highest BCUT2D eigenvalue weighted by atomic mass is 32.2. The van der Waals surface area contributed by atoms with Gasteiger partial charge in [-0.05, 0) is 25.1 Å². The van der Waals surface area contributed by atoms with E-state index in [1.54, 1.807) is 55.5 Å². The number of rotatable bonds is 6. The Hall–Kier alpha value is -3.44. The minimum Gasteiger partial charge on any atom is -0.462 e. The Balaban J connectivity index is 1.53. The number of benzene rings is 2. The molecule has 1 N–H and O–H groups in total. The fourth-order valence-corrected chi connectivity index (χ4v) is 5.24. The van der Waals surface area contributed by atoms with Crippen molar-refractivity contribution >= 4 is 45.0 Å². The predicted molar refractivity (Wildman–Crippen MR) is 125 cm³/mol. The van der Waals surface area contributed by atoms with Crippen molar-refractivity contribution in [2.75, 3.05) is 29.0 Å². The zero-order valence-corrected chi connectivity index (χ0v) is 19.4. The second kappa shape index (κ2) is 9.20. The molecule has 4 rings (SSSR count). The molecule has 0 radical (unpaired) electrons. The quantitative estimate of drug-likeness (QED) is 0.322. The Morgan fingerprint density at radius 1 is 1.12 bits per heavy atom. The molecule has 1 aliphatic rings. The summed E-state index contributed by atoms with van der Waals surface area (Å²) in [6.45, 7) is 1.93. The van der Waals surface area contributed by atoms with Crippen LogP contribution in [0.2, 0.25) is 0 Å². The normalized spacial score (nSPS) is 13.6. The summed E-state index contributed by atoms with van der Waals surface area (Å²) in [6.07, 6.45) is 1.26. The summed E-state index contributed by atoms with van der Waals surface area (Å²) in [5, 5.41) is 2.96. The van der Waals surface area contributed by atoms with Crippen LogP contribution in [0.3, 0.4) is 0 Å². The molecule has 3 aromatic rings. The fourth-order valence-electron chi connectivity index (χ4n) is 3.33. The lowest BCUT2D eigenvalue weighted by atomic mass is 10.1. The number of carbonyl (C=O) groups excluding carboxylic acids is 2. The van der Waals surface area contributed by atoms with Gasteiger partial charge in [-0.25, -0.2) is 23.2 Å². The largest absolute Gasteiger partial charge is 0.462 e. The Morgan fingerprint density at radius 3 is 2.64 bits per heavy atom. The second-order valence-electron chi connectivity index (χ2n) is 6.96. The Morgan fingerprint density at radius 2 is 1.85 bits per heavy atom. The second-order valence-corrected chi connectivity index (χ2v) is 9.84. The van der Waals surface area contributed by atoms with Crippen molar-refractivity contribution in [2.24, 2.45) is 0 Å². The van der Waals surface area contributed by atoms with E-state index in [1.807, 2.05) is 0 Å². The monoisotopic (exact) mass is 484 g/mol. The van der Waals surface area contributed by atoms with Gasteiger partial charge in [0.05, 0.1) is 41.2 Å². The standard InChI is InChI=1S/C22H20N4O5S2/c1-3-31-21(28)14-8-4-6-10-16(14)24-19(27)13-32-22-23-12-18-20(25-22)15-9-5-7-11-17(15)26(2)33(18,29)30/h4-12H,3,13H2,1-2H3,(H,24,27). The molecule has 0 spiro atoms. The van der Waals surface area contributed by atoms with E-state index in [4.69, 9.17) is 4.74 Å². The summed E-state index contributed by atoms with van der Waals surface area (Å²) in [5.41, 5.74) is 2.09. The van der Waals surface area contributed by atoms with Crippen LogP contribution in [-0.4, -0.2) is 49.7 Å². The summed E-state index contributed by atoms with van der Waals surface area (Å²) >= 11 is 1.06. The van der Waals surface area contributed by atoms with Gasteiger partial charge in [-0.2, -0.15) is 0 Å². The number of anilines is 2. The molecule has 2 heterocycles. The minimum absolute atomic E-state index is 0.0147. The number of nitrogens with zero attached hydrogens (tertiary/aromatic N) is 3. The molecule has 0 bridgehead atoms. The van der Waals surface area contributed by atoms with Crippen molar-refractivity contribution in [1.82, 2.24) is 9.97 Å². The van der Waals surface area contributed by atoms with Crippen LogP contribution in [0.25, 0.3) is 11.3 Å². The number of hydrogen-bond donors (Lipinski definition) is 1. The SMILES string of the molecule is CCOC(=O)c1ccccc1NC(=O)CSc1ncc2c(n1)-c1ccccc1N(C)S2(=O)=O. The maximum atomic E-state index is 12.8. The average Bonchev–Trinajstić information content (AvgIpc) is 2.82. The molecule has 11 heteroatoms. The van der Waals surface area contributed by atoms with Crippen LogP contribution in [0.1, 0.15) is 17.3 Å². The van der Waals surface area contributed by atoms with E-state index in [9.17, 15) is 18.0 Å². The van der Waals surface area contributed by atoms with Gasteiger partial charge in [-0.1, -0.05) is 42.1 Å². The number of hydrogen-bond acceptors (Lipinski definition) is 8. The van der Waals surface area contributed by atoms with Crippen LogP contribution in [0.4, 0.5) is 11.4 Å². The van der Waals surface area contributed by atoms with E-state index < -0.39 is 16.0 Å². The van der Waals surface area contributed by atoms with Crippen molar-refractivity contribution in [3.05, 3.63) is 60.3 Å². The number of aromatic nitrogens is 2. The molecule has 33 heavy (non-hydrogen) atoms. The first-order chi connectivity index (χ1) is 15.8. The fraction of sp³-hybridized carbons (Fsp3) is 0.182. The molecule has 0 unspecified atom stereocenters. The lowest BCUT2D eigenvalue weighted by molar-refractivity contribution is -0.113. The summed E-state index contributed by atoms with van der Waals surface area (Å²) < 4.78 is 31.9. The number of esters is 1. The molecule has 1 aromatic heterocycles. The molecule has 1 amide bonds. The molecule has 2 aromatic carbocycles. The number of thioether (sulfide) groups is 1. The van der Waals surface area contributed by atoms with Crippen molar-refractivity contribution < 1.29 is 22.7 Å². The van der Waals surface area contributed by atoms with Crippen molar-refractivity contribution in [2.45, 2.75) is 17.0 Å². The smallest absolute Gasteiger partial charge is 0.340 e. The first-order valence-corrected chi connectivity index (χ1v) is 12.4. The molecular weight excluding hydrogens is 464 g/mol. The van der Waals surface area contributed by atoms with Crippen LogP contribution in [-0.2, 0) is 19.6 Å². The summed E-state index contributed by atoms with van der Waals surface area (Å²) in [4.78, 5) is 33.2. The van der Waals surface area contributed by atoms with E-state index in [0.717, 1.165) is 11.8 Å². The van der Waals surface area contributed by atoms with Gasteiger partial charge in [0.1, 0.15) is 4.90 Å². The predicted octanol–water partition coefficient (Wildman–Crippen LogP) is 3.19.